The van der Waals surface area contributed by atoms with Crippen LogP contribution < -0.4 is 5.73 Å². The SMILES string of the molecule is NC[C@H]1O[C@@H](CO)[C@@H](O)[C@H]1N1CCOCC1. The van der Waals surface area contributed by atoms with Gasteiger partial charge in [-0.05, 0) is 0 Å². The molecule has 6 heteroatoms. The fourth-order valence-electron chi connectivity index (χ4n) is 2.50. The Hall–Kier alpha value is -0.240. The summed E-state index contributed by atoms with van der Waals surface area (Å²) in [5.74, 6) is 0. The van der Waals surface area contributed by atoms with Gasteiger partial charge in [0.2, 0.25) is 0 Å². The molecule has 0 saturated carbocycles. The Morgan fingerprint density at radius 3 is 2.50 bits per heavy atom. The first-order valence-electron chi connectivity index (χ1n) is 5.74. The van der Waals surface area contributed by atoms with Gasteiger partial charge in [0.1, 0.15) is 12.2 Å². The van der Waals surface area contributed by atoms with Gasteiger partial charge in [0.25, 0.3) is 0 Å². The van der Waals surface area contributed by atoms with Crippen LogP contribution in [-0.4, -0.2) is 78.9 Å². The zero-order valence-corrected chi connectivity index (χ0v) is 9.29. The summed E-state index contributed by atoms with van der Waals surface area (Å²) in [5.41, 5.74) is 5.63. The Bertz CT molecular complexity index is 221. The molecule has 2 rings (SSSR count). The van der Waals surface area contributed by atoms with E-state index in [4.69, 9.17) is 20.3 Å². The van der Waals surface area contributed by atoms with E-state index in [0.717, 1.165) is 13.1 Å². The van der Waals surface area contributed by atoms with E-state index in [1.54, 1.807) is 0 Å². The lowest BCUT2D eigenvalue weighted by molar-refractivity contribution is -0.0197. The second-order valence-corrected chi connectivity index (χ2v) is 4.26. The number of rotatable bonds is 3. The molecule has 0 aromatic rings. The summed E-state index contributed by atoms with van der Waals surface area (Å²) in [6, 6.07) is -0.119. The van der Waals surface area contributed by atoms with Gasteiger partial charge in [0, 0.05) is 19.6 Å². The highest BCUT2D eigenvalue weighted by molar-refractivity contribution is 4.97. The minimum atomic E-state index is -0.670. The Balaban J connectivity index is 2.04. The first-order valence-corrected chi connectivity index (χ1v) is 5.74. The minimum absolute atomic E-state index is 0.119. The second-order valence-electron chi connectivity index (χ2n) is 4.26. The highest BCUT2D eigenvalue weighted by Crippen LogP contribution is 2.25. The number of nitrogens with zero attached hydrogens (tertiary/aromatic N) is 1. The summed E-state index contributed by atoms with van der Waals surface area (Å²) < 4.78 is 10.8. The molecular weight excluding hydrogens is 212 g/mol. The van der Waals surface area contributed by atoms with Gasteiger partial charge in [-0.1, -0.05) is 0 Å². The Morgan fingerprint density at radius 1 is 1.25 bits per heavy atom. The van der Waals surface area contributed by atoms with Crippen molar-refractivity contribution in [2.45, 2.75) is 24.4 Å². The molecule has 2 aliphatic heterocycles. The maximum Gasteiger partial charge on any atom is 0.109 e. The Labute approximate surface area is 94.9 Å². The molecule has 2 heterocycles. The molecule has 94 valence electrons. The lowest BCUT2D eigenvalue weighted by Crippen LogP contribution is -2.53. The van der Waals surface area contributed by atoms with E-state index in [2.05, 4.69) is 4.90 Å². The van der Waals surface area contributed by atoms with Gasteiger partial charge in [0.05, 0.1) is 32.0 Å². The smallest absolute Gasteiger partial charge is 0.109 e. The number of hydrogen-bond acceptors (Lipinski definition) is 6. The fraction of sp³-hybridized carbons (Fsp3) is 1.00. The van der Waals surface area contributed by atoms with Crippen LogP contribution in [0.1, 0.15) is 0 Å². The number of hydrogen-bond donors (Lipinski definition) is 3. The molecular formula is C10H20N2O4. The molecule has 0 bridgehead atoms. The number of nitrogens with two attached hydrogens (primary N) is 1. The molecule has 16 heavy (non-hydrogen) atoms. The summed E-state index contributed by atoms with van der Waals surface area (Å²) in [6.45, 7) is 3.09. The van der Waals surface area contributed by atoms with Crippen molar-refractivity contribution in [2.24, 2.45) is 5.73 Å². The molecule has 0 aromatic heterocycles. The van der Waals surface area contributed by atoms with Gasteiger partial charge in [-0.15, -0.1) is 0 Å². The minimum Gasteiger partial charge on any atom is -0.394 e. The van der Waals surface area contributed by atoms with Crippen molar-refractivity contribution < 1.29 is 19.7 Å². The summed E-state index contributed by atoms with van der Waals surface area (Å²) in [7, 11) is 0. The number of morpholine rings is 1. The average Bonchev–Trinajstić information content (AvgIpc) is 2.66. The Kier molecular flexibility index (Phi) is 4.12. The van der Waals surface area contributed by atoms with Crippen LogP contribution in [0.4, 0.5) is 0 Å². The van der Waals surface area contributed by atoms with Crippen molar-refractivity contribution in [3.8, 4) is 0 Å². The third-order valence-corrected chi connectivity index (χ3v) is 3.34. The monoisotopic (exact) mass is 232 g/mol. The van der Waals surface area contributed by atoms with Crippen LogP contribution in [0.5, 0.6) is 0 Å². The average molecular weight is 232 g/mol. The maximum atomic E-state index is 10.1. The largest absolute Gasteiger partial charge is 0.394 e. The summed E-state index contributed by atoms with van der Waals surface area (Å²) in [6.07, 6.45) is -1.39. The maximum absolute atomic E-state index is 10.1. The van der Waals surface area contributed by atoms with Gasteiger partial charge >= 0.3 is 0 Å². The summed E-state index contributed by atoms with van der Waals surface area (Å²) in [5, 5.41) is 19.2. The van der Waals surface area contributed by atoms with Crippen LogP contribution in [0.2, 0.25) is 0 Å². The molecule has 0 aliphatic carbocycles. The normalized spacial score (nSPS) is 41.4. The number of ether oxygens (including phenoxy) is 2. The van der Waals surface area contributed by atoms with Gasteiger partial charge in [0.15, 0.2) is 0 Å². The predicted molar refractivity (Wildman–Crippen MR) is 57.0 cm³/mol. The molecule has 0 spiro atoms. The number of aliphatic hydroxyl groups excluding tert-OH is 2. The molecule has 0 radical (unpaired) electrons. The predicted octanol–water partition coefficient (Wildman–Crippen LogP) is -2.23. The first kappa shape index (κ1) is 12.2. The van der Waals surface area contributed by atoms with E-state index in [9.17, 15) is 5.11 Å². The van der Waals surface area contributed by atoms with E-state index >= 15 is 0 Å². The summed E-state index contributed by atoms with van der Waals surface area (Å²) >= 11 is 0. The second kappa shape index (κ2) is 5.39. The lowest BCUT2D eigenvalue weighted by Gasteiger charge is -2.35. The highest BCUT2D eigenvalue weighted by atomic mass is 16.5. The molecule has 0 amide bonds. The number of aliphatic hydroxyl groups is 2. The van der Waals surface area contributed by atoms with Crippen molar-refractivity contribution >= 4 is 0 Å². The highest BCUT2D eigenvalue weighted by Gasteiger charge is 2.45. The van der Waals surface area contributed by atoms with Gasteiger partial charge in [-0.2, -0.15) is 0 Å². The van der Waals surface area contributed by atoms with Crippen molar-refractivity contribution in [3.63, 3.8) is 0 Å². The van der Waals surface area contributed by atoms with E-state index in [-0.39, 0.29) is 18.8 Å². The van der Waals surface area contributed by atoms with Crippen LogP contribution in [0.3, 0.4) is 0 Å². The van der Waals surface area contributed by atoms with Gasteiger partial charge in [-0.25, -0.2) is 0 Å². The van der Waals surface area contributed by atoms with Crippen LogP contribution in [0.15, 0.2) is 0 Å². The summed E-state index contributed by atoms with van der Waals surface area (Å²) in [4.78, 5) is 2.14. The van der Waals surface area contributed by atoms with E-state index in [1.807, 2.05) is 0 Å². The molecule has 0 unspecified atom stereocenters. The molecule has 0 aromatic carbocycles. The molecule has 4 atom stereocenters. The fourth-order valence-corrected chi connectivity index (χ4v) is 2.50. The third kappa shape index (κ3) is 2.22. The zero-order valence-electron chi connectivity index (χ0n) is 9.29. The molecule has 2 saturated heterocycles. The van der Waals surface area contributed by atoms with E-state index in [1.165, 1.54) is 0 Å². The van der Waals surface area contributed by atoms with Crippen LogP contribution in [-0.2, 0) is 9.47 Å². The van der Waals surface area contributed by atoms with Crippen LogP contribution >= 0.6 is 0 Å². The van der Waals surface area contributed by atoms with E-state index < -0.39 is 12.2 Å². The Morgan fingerprint density at radius 2 is 1.94 bits per heavy atom. The quantitative estimate of drug-likeness (QED) is 0.510. The topological polar surface area (TPSA) is 88.2 Å². The molecule has 2 fully saturated rings. The van der Waals surface area contributed by atoms with Crippen molar-refractivity contribution in [2.75, 3.05) is 39.5 Å². The van der Waals surface area contributed by atoms with Crippen molar-refractivity contribution in [3.05, 3.63) is 0 Å². The van der Waals surface area contributed by atoms with Gasteiger partial charge in [-0.3, -0.25) is 4.90 Å². The van der Waals surface area contributed by atoms with Gasteiger partial charge < -0.3 is 25.4 Å². The van der Waals surface area contributed by atoms with E-state index in [0.29, 0.717) is 19.8 Å². The van der Waals surface area contributed by atoms with Crippen LogP contribution in [0, 0.1) is 0 Å². The lowest BCUT2D eigenvalue weighted by atomic mass is 10.0. The van der Waals surface area contributed by atoms with Crippen LogP contribution in [0.25, 0.3) is 0 Å². The molecule has 6 nitrogen and oxygen atoms in total. The van der Waals surface area contributed by atoms with Crippen molar-refractivity contribution in [1.29, 1.82) is 0 Å². The third-order valence-electron chi connectivity index (χ3n) is 3.34. The van der Waals surface area contributed by atoms with Crippen molar-refractivity contribution in [1.82, 2.24) is 4.90 Å². The zero-order chi connectivity index (χ0) is 11.5. The molecule has 4 N–H and O–H groups in total. The molecule has 2 aliphatic rings. The standard InChI is InChI=1S/C10H20N2O4/c11-5-7-9(10(14)8(6-13)16-7)12-1-3-15-4-2-12/h7-10,13-14H,1-6,11H2/t7-,8+,9+,10-/m1/s1. The first-order chi connectivity index (χ1) is 7.77.